The van der Waals surface area contributed by atoms with Crippen LogP contribution in [0.5, 0.6) is 11.6 Å². The van der Waals surface area contributed by atoms with E-state index in [2.05, 4.69) is 4.99 Å². The maximum atomic E-state index is 12.7. The molecule has 1 heterocycles. The largest absolute Gasteiger partial charge is 0.497 e. The van der Waals surface area contributed by atoms with E-state index in [-0.39, 0.29) is 18.0 Å². The van der Waals surface area contributed by atoms with Gasteiger partial charge in [0, 0.05) is 12.8 Å². The molecule has 6 nitrogen and oxygen atoms in total. The molecule has 0 aliphatic carbocycles. The van der Waals surface area contributed by atoms with Crippen LogP contribution < -0.4 is 10.3 Å². The lowest BCUT2D eigenvalue weighted by Gasteiger charge is -2.14. The van der Waals surface area contributed by atoms with Crippen LogP contribution in [0, 0.1) is 18.3 Å². The van der Waals surface area contributed by atoms with Gasteiger partial charge in [-0.2, -0.15) is 5.26 Å². The minimum atomic E-state index is -0.532. The van der Waals surface area contributed by atoms with Crippen LogP contribution >= 0.6 is 11.6 Å². The smallest absolute Gasteiger partial charge is 0.271 e. The summed E-state index contributed by atoms with van der Waals surface area (Å²) in [5.41, 5.74) is 1.61. The van der Waals surface area contributed by atoms with Crippen LogP contribution in [-0.2, 0) is 13.0 Å². The van der Waals surface area contributed by atoms with E-state index in [1.54, 1.807) is 38.3 Å². The topological polar surface area (TPSA) is 87.6 Å². The molecule has 0 amide bonds. The maximum absolute atomic E-state index is 12.7. The van der Waals surface area contributed by atoms with E-state index in [4.69, 9.17) is 16.3 Å². The molecule has 152 valence electrons. The number of hydrogen-bond donors (Lipinski definition) is 1. The molecule has 7 heteroatoms. The van der Waals surface area contributed by atoms with Crippen molar-refractivity contribution >= 4 is 23.5 Å². The predicted molar refractivity (Wildman–Crippen MR) is 117 cm³/mol. The molecule has 0 bridgehead atoms. The molecule has 0 radical (unpaired) electrons. The van der Waals surface area contributed by atoms with Crippen molar-refractivity contribution < 1.29 is 9.84 Å². The van der Waals surface area contributed by atoms with E-state index in [0.29, 0.717) is 28.3 Å². The molecule has 0 atom stereocenters. The molecular weight excluding hydrogens is 402 g/mol. The van der Waals surface area contributed by atoms with Crippen molar-refractivity contribution in [3.05, 3.63) is 86.2 Å². The van der Waals surface area contributed by atoms with Gasteiger partial charge >= 0.3 is 0 Å². The fourth-order valence-electron chi connectivity index (χ4n) is 3.06. The summed E-state index contributed by atoms with van der Waals surface area (Å²) in [4.78, 5) is 17.1. The van der Waals surface area contributed by atoms with E-state index in [9.17, 15) is 15.2 Å². The predicted octanol–water partition coefficient (Wildman–Crippen LogP) is 4.39. The van der Waals surface area contributed by atoms with Crippen molar-refractivity contribution in [1.29, 1.82) is 5.26 Å². The number of aromatic hydroxyl groups is 1. The first-order valence-electron chi connectivity index (χ1n) is 9.24. The second kappa shape index (κ2) is 9.29. The van der Waals surface area contributed by atoms with Crippen LogP contribution in [0.2, 0.25) is 5.02 Å². The molecule has 0 saturated carbocycles. The van der Waals surface area contributed by atoms with Crippen molar-refractivity contribution in [2.45, 2.75) is 19.9 Å². The molecule has 3 aromatic rings. The van der Waals surface area contributed by atoms with Gasteiger partial charge in [0.2, 0.25) is 5.88 Å². The number of nitrogens with zero attached hydrogens (tertiary/aromatic N) is 3. The second-order valence-electron chi connectivity index (χ2n) is 6.61. The number of ether oxygens (including phenoxy) is 1. The van der Waals surface area contributed by atoms with Gasteiger partial charge in [-0.1, -0.05) is 35.9 Å². The lowest BCUT2D eigenvalue weighted by Crippen LogP contribution is -2.26. The average molecular weight is 422 g/mol. The highest BCUT2D eigenvalue weighted by Crippen LogP contribution is 2.26. The van der Waals surface area contributed by atoms with Crippen LogP contribution in [0.3, 0.4) is 0 Å². The molecule has 0 aliphatic heterocycles. The second-order valence-corrected chi connectivity index (χ2v) is 7.02. The highest BCUT2D eigenvalue weighted by molar-refractivity contribution is 6.33. The number of benzene rings is 2. The summed E-state index contributed by atoms with van der Waals surface area (Å²) in [5.74, 6) is 0.500. The Labute approximate surface area is 179 Å². The van der Waals surface area contributed by atoms with E-state index < -0.39 is 5.56 Å². The minimum Gasteiger partial charge on any atom is -0.497 e. The molecule has 3 rings (SSSR count). The molecule has 0 fully saturated rings. The van der Waals surface area contributed by atoms with Gasteiger partial charge in [-0.3, -0.25) is 14.4 Å². The number of aliphatic imine (C=N–C) groups is 1. The lowest BCUT2D eigenvalue weighted by atomic mass is 10.1. The zero-order valence-corrected chi connectivity index (χ0v) is 17.3. The Morgan fingerprint density at radius 1 is 1.23 bits per heavy atom. The molecule has 2 aromatic carbocycles. The van der Waals surface area contributed by atoms with E-state index in [1.807, 2.05) is 30.3 Å². The zero-order valence-electron chi connectivity index (χ0n) is 16.6. The van der Waals surface area contributed by atoms with Crippen LogP contribution in [0.4, 0.5) is 5.69 Å². The summed E-state index contributed by atoms with van der Waals surface area (Å²) < 4.78 is 6.34. The molecule has 1 N–H and O–H groups in total. The first-order valence-corrected chi connectivity index (χ1v) is 9.62. The minimum absolute atomic E-state index is 0.0249. The Morgan fingerprint density at radius 2 is 1.93 bits per heavy atom. The summed E-state index contributed by atoms with van der Waals surface area (Å²) >= 11 is 6.13. The summed E-state index contributed by atoms with van der Waals surface area (Å²) in [6, 6.07) is 16.4. The molecule has 30 heavy (non-hydrogen) atoms. The molecule has 0 saturated heterocycles. The van der Waals surface area contributed by atoms with E-state index in [0.717, 1.165) is 11.3 Å². The first kappa shape index (κ1) is 21.2. The first-order chi connectivity index (χ1) is 14.5. The Bertz CT molecular complexity index is 1190. The van der Waals surface area contributed by atoms with Crippen molar-refractivity contribution in [3.63, 3.8) is 0 Å². The van der Waals surface area contributed by atoms with Gasteiger partial charge in [-0.15, -0.1) is 0 Å². The van der Waals surface area contributed by atoms with Crippen LogP contribution in [0.1, 0.15) is 22.3 Å². The SMILES string of the molecule is COc1ccc(CCn2c(O)c(C=Nc3ccccc3Cl)c(C)c(C#N)c2=O)cc1. The maximum Gasteiger partial charge on any atom is 0.271 e. The normalized spacial score (nSPS) is 10.9. The van der Waals surface area contributed by atoms with Crippen LogP contribution in [0.25, 0.3) is 0 Å². The molecular formula is C23H20ClN3O3. The number of nitriles is 1. The third kappa shape index (κ3) is 4.37. The van der Waals surface area contributed by atoms with Gasteiger partial charge in [0.25, 0.3) is 5.56 Å². The van der Waals surface area contributed by atoms with Crippen molar-refractivity contribution in [3.8, 4) is 17.7 Å². The van der Waals surface area contributed by atoms with Crippen molar-refractivity contribution in [1.82, 2.24) is 4.57 Å². The number of halogens is 1. The summed E-state index contributed by atoms with van der Waals surface area (Å²) in [7, 11) is 1.59. The average Bonchev–Trinajstić information content (AvgIpc) is 2.75. The highest BCUT2D eigenvalue weighted by Gasteiger charge is 2.18. The quantitative estimate of drug-likeness (QED) is 0.598. The number of methoxy groups -OCH3 is 1. The van der Waals surface area contributed by atoms with Gasteiger partial charge in [0.15, 0.2) is 0 Å². The number of rotatable bonds is 6. The Morgan fingerprint density at radius 3 is 2.57 bits per heavy atom. The standard InChI is InChI=1S/C23H20ClN3O3/c1-15-18(13-25)22(28)27(12-11-16-7-9-17(30-2)10-8-16)23(29)19(15)14-26-21-6-4-3-5-20(21)24/h3-10,14,29H,11-12H2,1-2H3. The summed E-state index contributed by atoms with van der Waals surface area (Å²) in [6.07, 6.45) is 1.92. The number of para-hydroxylation sites is 1. The molecule has 0 spiro atoms. The van der Waals surface area contributed by atoms with Crippen molar-refractivity contribution in [2.24, 2.45) is 4.99 Å². The highest BCUT2D eigenvalue weighted by atomic mass is 35.5. The van der Waals surface area contributed by atoms with Gasteiger partial charge in [-0.25, -0.2) is 0 Å². The van der Waals surface area contributed by atoms with Crippen molar-refractivity contribution in [2.75, 3.05) is 7.11 Å². The number of hydrogen-bond acceptors (Lipinski definition) is 5. The van der Waals surface area contributed by atoms with Gasteiger partial charge in [0.1, 0.15) is 17.4 Å². The van der Waals surface area contributed by atoms with Gasteiger partial charge in [-0.05, 0) is 48.7 Å². The third-order valence-electron chi connectivity index (χ3n) is 4.81. The Kier molecular flexibility index (Phi) is 6.55. The fraction of sp³-hybridized carbons (Fsp3) is 0.174. The van der Waals surface area contributed by atoms with E-state index in [1.165, 1.54) is 10.8 Å². The van der Waals surface area contributed by atoms with Crippen LogP contribution in [0.15, 0.2) is 58.3 Å². The van der Waals surface area contributed by atoms with Gasteiger partial charge in [0.05, 0.1) is 23.4 Å². The molecule has 1 aromatic heterocycles. The number of aromatic nitrogens is 1. The van der Waals surface area contributed by atoms with Crippen LogP contribution in [-0.4, -0.2) is 23.0 Å². The summed E-state index contributed by atoms with van der Waals surface area (Å²) in [6.45, 7) is 1.82. The Hall–Kier alpha value is -3.56. The van der Waals surface area contributed by atoms with E-state index >= 15 is 0 Å². The third-order valence-corrected chi connectivity index (χ3v) is 5.13. The number of aryl methyl sites for hydroxylation is 1. The lowest BCUT2D eigenvalue weighted by molar-refractivity contribution is 0.404. The summed E-state index contributed by atoms with van der Waals surface area (Å²) in [5, 5.41) is 20.7. The number of pyridine rings is 1. The fourth-order valence-corrected chi connectivity index (χ4v) is 3.24. The van der Waals surface area contributed by atoms with Gasteiger partial charge < -0.3 is 9.84 Å². The molecule has 0 unspecified atom stereocenters. The monoisotopic (exact) mass is 421 g/mol. The molecule has 0 aliphatic rings. The Balaban J connectivity index is 1.99. The zero-order chi connectivity index (χ0) is 21.7.